The van der Waals surface area contributed by atoms with Crippen molar-refractivity contribution in [3.63, 3.8) is 0 Å². The van der Waals surface area contributed by atoms with E-state index in [-0.39, 0.29) is 29.8 Å². The lowest BCUT2D eigenvalue weighted by Crippen LogP contribution is -2.43. The standard InChI is InChI=1S/C19H25FN4O.HI/c1-13(2)14(3)24-19(21-4)23-12-15-7-6-10-22-18(15)25-17-9-5-8-16(20)11-17;/h5-11,13-14H,12H2,1-4H3,(H2,21,23,24);1H. The van der Waals surface area contributed by atoms with Crippen molar-refractivity contribution >= 4 is 29.9 Å². The zero-order valence-electron chi connectivity index (χ0n) is 15.5. The fourth-order valence-corrected chi connectivity index (χ4v) is 2.05. The molecule has 0 fully saturated rings. The van der Waals surface area contributed by atoms with Gasteiger partial charge >= 0.3 is 0 Å². The van der Waals surface area contributed by atoms with Gasteiger partial charge < -0.3 is 15.4 Å². The molecule has 1 aromatic carbocycles. The summed E-state index contributed by atoms with van der Waals surface area (Å²) >= 11 is 0. The minimum absolute atomic E-state index is 0. The van der Waals surface area contributed by atoms with Gasteiger partial charge in [0.05, 0.1) is 0 Å². The number of nitrogens with one attached hydrogen (secondary N) is 2. The summed E-state index contributed by atoms with van der Waals surface area (Å²) in [4.78, 5) is 8.49. The number of hydrogen-bond donors (Lipinski definition) is 2. The van der Waals surface area contributed by atoms with Crippen LogP contribution >= 0.6 is 24.0 Å². The van der Waals surface area contributed by atoms with E-state index >= 15 is 0 Å². The number of guanidine groups is 1. The van der Waals surface area contributed by atoms with E-state index in [2.05, 4.69) is 41.4 Å². The molecule has 1 unspecified atom stereocenters. The van der Waals surface area contributed by atoms with E-state index in [1.807, 2.05) is 12.1 Å². The van der Waals surface area contributed by atoms with Crippen LogP contribution < -0.4 is 15.4 Å². The van der Waals surface area contributed by atoms with Crippen LogP contribution in [0.4, 0.5) is 4.39 Å². The van der Waals surface area contributed by atoms with Crippen molar-refractivity contribution in [3.05, 3.63) is 54.0 Å². The Bertz CT molecular complexity index is 724. The number of hydrogen-bond acceptors (Lipinski definition) is 3. The molecular formula is C19H26FIN4O. The smallest absolute Gasteiger partial charge is 0.224 e. The highest BCUT2D eigenvalue weighted by atomic mass is 127. The lowest BCUT2D eigenvalue weighted by molar-refractivity contribution is 0.450. The minimum atomic E-state index is -0.347. The quantitative estimate of drug-likeness (QED) is 0.373. The monoisotopic (exact) mass is 472 g/mol. The number of nitrogens with zero attached hydrogens (tertiary/aromatic N) is 2. The van der Waals surface area contributed by atoms with Gasteiger partial charge in [0.1, 0.15) is 11.6 Å². The molecule has 1 heterocycles. The second-order valence-electron chi connectivity index (χ2n) is 6.13. The van der Waals surface area contributed by atoms with E-state index in [1.165, 1.54) is 12.1 Å². The number of halogens is 2. The SMILES string of the molecule is CN=C(NCc1cccnc1Oc1cccc(F)c1)NC(C)C(C)C.I. The number of pyridine rings is 1. The summed E-state index contributed by atoms with van der Waals surface area (Å²) in [6.45, 7) is 6.90. The van der Waals surface area contributed by atoms with Crippen LogP contribution in [0.3, 0.4) is 0 Å². The molecule has 5 nitrogen and oxygen atoms in total. The molecule has 26 heavy (non-hydrogen) atoms. The van der Waals surface area contributed by atoms with Crippen LogP contribution in [0.25, 0.3) is 0 Å². The van der Waals surface area contributed by atoms with Crippen molar-refractivity contribution in [1.29, 1.82) is 0 Å². The highest BCUT2D eigenvalue weighted by Crippen LogP contribution is 2.23. The fraction of sp³-hybridized carbons (Fsp3) is 0.368. The summed E-state index contributed by atoms with van der Waals surface area (Å²) in [6, 6.07) is 10.0. The van der Waals surface area contributed by atoms with E-state index in [0.29, 0.717) is 36.1 Å². The first-order valence-electron chi connectivity index (χ1n) is 8.34. The summed E-state index contributed by atoms with van der Waals surface area (Å²) in [5, 5.41) is 6.59. The van der Waals surface area contributed by atoms with E-state index in [0.717, 1.165) is 5.56 Å². The van der Waals surface area contributed by atoms with E-state index in [9.17, 15) is 4.39 Å². The Morgan fingerprint density at radius 3 is 2.65 bits per heavy atom. The number of rotatable bonds is 6. The third-order valence-electron chi connectivity index (χ3n) is 3.89. The average molecular weight is 472 g/mol. The number of benzene rings is 1. The average Bonchev–Trinajstić information content (AvgIpc) is 2.59. The predicted octanol–water partition coefficient (Wildman–Crippen LogP) is 4.34. The number of aliphatic imine (C=N–C) groups is 1. The molecule has 1 aromatic heterocycles. The van der Waals surface area contributed by atoms with Gasteiger partial charge in [-0.05, 0) is 31.0 Å². The van der Waals surface area contributed by atoms with Crippen LogP contribution in [-0.2, 0) is 6.54 Å². The normalized spacial score (nSPS) is 12.3. The molecule has 0 saturated carbocycles. The van der Waals surface area contributed by atoms with Crippen LogP contribution in [0, 0.1) is 11.7 Å². The van der Waals surface area contributed by atoms with Gasteiger partial charge in [-0.3, -0.25) is 4.99 Å². The number of ether oxygens (including phenoxy) is 1. The van der Waals surface area contributed by atoms with Gasteiger partial charge in [0.25, 0.3) is 0 Å². The van der Waals surface area contributed by atoms with Gasteiger partial charge in [0.15, 0.2) is 5.96 Å². The molecule has 2 aromatic rings. The van der Waals surface area contributed by atoms with E-state index < -0.39 is 0 Å². The zero-order chi connectivity index (χ0) is 18.2. The molecule has 0 aliphatic rings. The van der Waals surface area contributed by atoms with E-state index in [4.69, 9.17) is 4.74 Å². The summed E-state index contributed by atoms with van der Waals surface area (Å²) in [7, 11) is 1.73. The largest absolute Gasteiger partial charge is 0.439 e. The summed E-state index contributed by atoms with van der Waals surface area (Å²) in [5.41, 5.74) is 0.854. The van der Waals surface area contributed by atoms with Crippen LogP contribution in [0.2, 0.25) is 0 Å². The first kappa shape index (κ1) is 22.1. The lowest BCUT2D eigenvalue weighted by Gasteiger charge is -2.21. The lowest BCUT2D eigenvalue weighted by atomic mass is 10.1. The number of aromatic nitrogens is 1. The maximum absolute atomic E-state index is 13.3. The van der Waals surface area contributed by atoms with Gasteiger partial charge in [-0.15, -0.1) is 24.0 Å². The highest BCUT2D eigenvalue weighted by molar-refractivity contribution is 14.0. The second-order valence-corrected chi connectivity index (χ2v) is 6.13. The summed E-state index contributed by atoms with van der Waals surface area (Å²) in [5.74, 6) is 1.70. The minimum Gasteiger partial charge on any atom is -0.439 e. The molecule has 1 atom stereocenters. The van der Waals surface area contributed by atoms with Crippen molar-refractivity contribution in [2.45, 2.75) is 33.4 Å². The molecule has 0 saturated heterocycles. The topological polar surface area (TPSA) is 58.5 Å². The van der Waals surface area contributed by atoms with Gasteiger partial charge in [-0.2, -0.15) is 0 Å². The van der Waals surface area contributed by atoms with Crippen molar-refractivity contribution in [1.82, 2.24) is 15.6 Å². The Labute approximate surface area is 171 Å². The molecule has 0 aliphatic carbocycles. The first-order valence-corrected chi connectivity index (χ1v) is 8.34. The maximum atomic E-state index is 13.3. The van der Waals surface area contributed by atoms with Gasteiger partial charge in [0.2, 0.25) is 5.88 Å². The van der Waals surface area contributed by atoms with Crippen LogP contribution in [0.1, 0.15) is 26.3 Å². The maximum Gasteiger partial charge on any atom is 0.224 e. The van der Waals surface area contributed by atoms with Crippen molar-refractivity contribution in [2.24, 2.45) is 10.9 Å². The molecule has 0 spiro atoms. The molecule has 142 valence electrons. The van der Waals surface area contributed by atoms with Gasteiger partial charge in [0, 0.05) is 37.5 Å². The molecule has 2 N–H and O–H groups in total. The molecular weight excluding hydrogens is 446 g/mol. The van der Waals surface area contributed by atoms with Crippen molar-refractivity contribution in [3.8, 4) is 11.6 Å². The van der Waals surface area contributed by atoms with Crippen LogP contribution in [-0.4, -0.2) is 24.0 Å². The molecule has 0 amide bonds. The predicted molar refractivity (Wildman–Crippen MR) is 114 cm³/mol. The summed E-state index contributed by atoms with van der Waals surface area (Å²) < 4.78 is 19.0. The Morgan fingerprint density at radius 2 is 2.00 bits per heavy atom. The summed E-state index contributed by atoms with van der Waals surface area (Å²) in [6.07, 6.45) is 1.64. The molecule has 0 bridgehead atoms. The molecule has 0 aliphatic heterocycles. The van der Waals surface area contributed by atoms with Crippen molar-refractivity contribution in [2.75, 3.05) is 7.05 Å². The third kappa shape index (κ3) is 6.78. The van der Waals surface area contributed by atoms with Crippen molar-refractivity contribution < 1.29 is 9.13 Å². The van der Waals surface area contributed by atoms with Gasteiger partial charge in [-0.1, -0.05) is 26.0 Å². The molecule has 0 radical (unpaired) electrons. The van der Waals surface area contributed by atoms with Crippen LogP contribution in [0.5, 0.6) is 11.6 Å². The van der Waals surface area contributed by atoms with Gasteiger partial charge in [-0.25, -0.2) is 9.37 Å². The Morgan fingerprint density at radius 1 is 1.23 bits per heavy atom. The van der Waals surface area contributed by atoms with E-state index in [1.54, 1.807) is 25.4 Å². The second kappa shape index (κ2) is 10.9. The zero-order valence-corrected chi connectivity index (χ0v) is 17.8. The highest BCUT2D eigenvalue weighted by Gasteiger charge is 2.11. The Hall–Kier alpha value is -1.90. The first-order chi connectivity index (χ1) is 12.0. The Kier molecular flexibility index (Phi) is 9.32. The van der Waals surface area contributed by atoms with Crippen LogP contribution in [0.15, 0.2) is 47.6 Å². The fourth-order valence-electron chi connectivity index (χ4n) is 2.05. The molecule has 7 heteroatoms. The molecule has 2 rings (SSSR count). The third-order valence-corrected chi connectivity index (χ3v) is 3.89. The Balaban J connectivity index is 0.00000338.